The third-order valence-corrected chi connectivity index (χ3v) is 5.02. The van der Waals surface area contributed by atoms with Crippen molar-refractivity contribution >= 4 is 40.1 Å². The molecule has 1 aromatic heterocycles. The third-order valence-electron chi connectivity index (χ3n) is 5.02. The molecule has 1 saturated heterocycles. The lowest BCUT2D eigenvalue weighted by molar-refractivity contribution is -0.119. The molecule has 0 unspecified atom stereocenters. The number of amides is 2. The number of ether oxygens (including phenoxy) is 2. The molecule has 3 aromatic rings. The normalized spacial score (nSPS) is 13.6. The van der Waals surface area contributed by atoms with E-state index in [-0.39, 0.29) is 18.3 Å². The number of anilines is 2. The summed E-state index contributed by atoms with van der Waals surface area (Å²) in [6.45, 7) is 0.361. The average Bonchev–Trinajstić information content (AvgIpc) is 3.36. The Labute approximate surface area is 178 Å². The van der Waals surface area contributed by atoms with E-state index in [1.165, 1.54) is 7.11 Å². The van der Waals surface area contributed by atoms with Crippen LogP contribution in [0.3, 0.4) is 0 Å². The van der Waals surface area contributed by atoms with Gasteiger partial charge in [0, 0.05) is 42.4 Å². The first kappa shape index (κ1) is 20.6. The van der Waals surface area contributed by atoms with Crippen LogP contribution in [0.25, 0.3) is 11.0 Å². The summed E-state index contributed by atoms with van der Waals surface area (Å²) in [6.07, 6.45) is 1.34. The van der Waals surface area contributed by atoms with Gasteiger partial charge in [-0.2, -0.15) is 0 Å². The topological polar surface area (TPSA) is 98.1 Å². The number of rotatable bonds is 7. The van der Waals surface area contributed by atoms with Gasteiger partial charge in [-0.3, -0.25) is 9.59 Å². The SMILES string of the molecule is COCc1c(C(=O)OCC(=O)Nc2cccc(N3CCCC3=O)c2)oc2ccccc12. The molecule has 0 saturated carbocycles. The fraction of sp³-hybridized carbons (Fsp3) is 0.261. The summed E-state index contributed by atoms with van der Waals surface area (Å²) in [5, 5.41) is 3.44. The van der Waals surface area contributed by atoms with Crippen LogP contribution in [0.5, 0.6) is 0 Å². The Bertz CT molecular complexity index is 1140. The number of nitrogens with zero attached hydrogens (tertiary/aromatic N) is 1. The predicted molar refractivity (Wildman–Crippen MR) is 114 cm³/mol. The molecule has 0 spiro atoms. The number of esters is 1. The van der Waals surface area contributed by atoms with E-state index in [1.807, 2.05) is 18.2 Å². The monoisotopic (exact) mass is 422 g/mol. The van der Waals surface area contributed by atoms with E-state index < -0.39 is 18.5 Å². The Morgan fingerprint density at radius 2 is 2.00 bits per heavy atom. The van der Waals surface area contributed by atoms with Crippen molar-refractivity contribution in [3.8, 4) is 0 Å². The minimum Gasteiger partial charge on any atom is -0.450 e. The maximum atomic E-state index is 12.5. The summed E-state index contributed by atoms with van der Waals surface area (Å²) in [6, 6.07) is 14.2. The molecule has 2 aromatic carbocycles. The highest BCUT2D eigenvalue weighted by molar-refractivity contribution is 5.99. The fourth-order valence-corrected chi connectivity index (χ4v) is 3.62. The molecule has 2 heterocycles. The standard InChI is InChI=1S/C23H22N2O6/c1-29-13-18-17-8-2-3-9-19(17)31-22(18)23(28)30-14-20(26)24-15-6-4-7-16(12-15)25-11-5-10-21(25)27/h2-4,6-9,12H,5,10-11,13-14H2,1H3,(H,24,26). The van der Waals surface area contributed by atoms with Crippen LogP contribution in [0.4, 0.5) is 11.4 Å². The molecule has 8 nitrogen and oxygen atoms in total. The number of methoxy groups -OCH3 is 1. The summed E-state index contributed by atoms with van der Waals surface area (Å²) in [5.74, 6) is -1.15. The van der Waals surface area contributed by atoms with Crippen LogP contribution in [0, 0.1) is 0 Å². The lowest BCUT2D eigenvalue weighted by Gasteiger charge is -2.16. The maximum absolute atomic E-state index is 12.5. The quantitative estimate of drug-likeness (QED) is 0.585. The minimum absolute atomic E-state index is 0.0189. The zero-order valence-electron chi connectivity index (χ0n) is 17.1. The van der Waals surface area contributed by atoms with Crippen molar-refractivity contribution in [3.05, 3.63) is 59.9 Å². The Morgan fingerprint density at radius 3 is 2.77 bits per heavy atom. The van der Waals surface area contributed by atoms with Crippen molar-refractivity contribution in [3.63, 3.8) is 0 Å². The highest BCUT2D eigenvalue weighted by Gasteiger charge is 2.23. The molecule has 0 aliphatic carbocycles. The number of benzene rings is 2. The fourth-order valence-electron chi connectivity index (χ4n) is 3.62. The van der Waals surface area contributed by atoms with Crippen molar-refractivity contribution in [1.29, 1.82) is 0 Å². The molecule has 0 atom stereocenters. The van der Waals surface area contributed by atoms with Crippen LogP contribution >= 0.6 is 0 Å². The van der Waals surface area contributed by atoms with E-state index in [0.29, 0.717) is 29.8 Å². The number of hydrogen-bond donors (Lipinski definition) is 1. The summed E-state index contributed by atoms with van der Waals surface area (Å²) >= 11 is 0. The average molecular weight is 422 g/mol. The van der Waals surface area contributed by atoms with Gasteiger partial charge in [0.15, 0.2) is 6.61 Å². The molecule has 2 amide bonds. The van der Waals surface area contributed by atoms with Crippen LogP contribution in [0.2, 0.25) is 0 Å². The third kappa shape index (κ3) is 4.44. The van der Waals surface area contributed by atoms with Gasteiger partial charge in [0.25, 0.3) is 5.91 Å². The summed E-state index contributed by atoms with van der Waals surface area (Å²) in [7, 11) is 1.52. The van der Waals surface area contributed by atoms with Crippen LogP contribution in [0.1, 0.15) is 29.0 Å². The van der Waals surface area contributed by atoms with Crippen LogP contribution in [-0.4, -0.2) is 38.0 Å². The molecule has 1 aliphatic heterocycles. The molecule has 160 valence electrons. The van der Waals surface area contributed by atoms with E-state index >= 15 is 0 Å². The van der Waals surface area contributed by atoms with Crippen molar-refractivity contribution in [2.75, 3.05) is 30.5 Å². The largest absolute Gasteiger partial charge is 0.450 e. The van der Waals surface area contributed by atoms with Crippen molar-refractivity contribution in [2.24, 2.45) is 0 Å². The molecule has 1 aliphatic rings. The molecular formula is C23H22N2O6. The second-order valence-electron chi connectivity index (χ2n) is 7.16. The van der Waals surface area contributed by atoms with Gasteiger partial charge in [-0.15, -0.1) is 0 Å². The van der Waals surface area contributed by atoms with Crippen LogP contribution in [0.15, 0.2) is 52.9 Å². The first-order chi connectivity index (χ1) is 15.1. The van der Waals surface area contributed by atoms with Crippen molar-refractivity contribution in [1.82, 2.24) is 0 Å². The summed E-state index contributed by atoms with van der Waals surface area (Å²) < 4.78 is 16.0. The predicted octanol–water partition coefficient (Wildman–Crippen LogP) is 3.50. The van der Waals surface area contributed by atoms with E-state index in [9.17, 15) is 14.4 Å². The molecule has 8 heteroatoms. The van der Waals surface area contributed by atoms with E-state index in [0.717, 1.165) is 17.5 Å². The minimum atomic E-state index is -0.741. The Morgan fingerprint density at radius 1 is 1.16 bits per heavy atom. The first-order valence-electron chi connectivity index (χ1n) is 9.93. The van der Waals surface area contributed by atoms with Crippen molar-refractivity contribution < 1.29 is 28.3 Å². The summed E-state index contributed by atoms with van der Waals surface area (Å²) in [5.41, 5.74) is 2.36. The number of hydrogen-bond acceptors (Lipinski definition) is 6. The Hall–Kier alpha value is -3.65. The molecule has 31 heavy (non-hydrogen) atoms. The van der Waals surface area contributed by atoms with Gasteiger partial charge in [-0.05, 0) is 30.7 Å². The highest BCUT2D eigenvalue weighted by atomic mass is 16.5. The second kappa shape index (κ2) is 9.01. The zero-order valence-corrected chi connectivity index (χ0v) is 17.1. The Kier molecular flexibility index (Phi) is 5.99. The molecule has 1 fully saturated rings. The van der Waals surface area contributed by atoms with Crippen LogP contribution < -0.4 is 10.2 Å². The number of fused-ring (bicyclic) bond motifs is 1. The van der Waals surface area contributed by atoms with Crippen LogP contribution in [-0.2, 0) is 25.7 Å². The molecule has 4 rings (SSSR count). The van der Waals surface area contributed by atoms with Gasteiger partial charge in [-0.25, -0.2) is 4.79 Å². The molecular weight excluding hydrogens is 400 g/mol. The lowest BCUT2D eigenvalue weighted by Crippen LogP contribution is -2.24. The smallest absolute Gasteiger partial charge is 0.375 e. The first-order valence-corrected chi connectivity index (χ1v) is 9.93. The van der Waals surface area contributed by atoms with E-state index in [4.69, 9.17) is 13.9 Å². The van der Waals surface area contributed by atoms with E-state index in [2.05, 4.69) is 5.32 Å². The van der Waals surface area contributed by atoms with Crippen molar-refractivity contribution in [2.45, 2.75) is 19.4 Å². The van der Waals surface area contributed by atoms with Gasteiger partial charge in [0.1, 0.15) is 5.58 Å². The van der Waals surface area contributed by atoms with Gasteiger partial charge < -0.3 is 24.1 Å². The van der Waals surface area contributed by atoms with Gasteiger partial charge in [-0.1, -0.05) is 24.3 Å². The molecule has 1 N–H and O–H groups in total. The number of furan rings is 1. The zero-order chi connectivity index (χ0) is 21.8. The maximum Gasteiger partial charge on any atom is 0.375 e. The second-order valence-corrected chi connectivity index (χ2v) is 7.16. The number of carbonyl (C=O) groups is 3. The molecule has 0 radical (unpaired) electrons. The van der Waals surface area contributed by atoms with E-state index in [1.54, 1.807) is 35.2 Å². The Balaban J connectivity index is 1.40. The number of para-hydroxylation sites is 1. The van der Waals surface area contributed by atoms with Gasteiger partial charge >= 0.3 is 5.97 Å². The number of nitrogens with one attached hydrogen (secondary N) is 1. The molecule has 0 bridgehead atoms. The van der Waals surface area contributed by atoms with Gasteiger partial charge in [0.2, 0.25) is 11.7 Å². The van der Waals surface area contributed by atoms with Gasteiger partial charge in [0.05, 0.1) is 6.61 Å². The lowest BCUT2D eigenvalue weighted by atomic mass is 10.1. The highest BCUT2D eigenvalue weighted by Crippen LogP contribution is 2.27. The summed E-state index contributed by atoms with van der Waals surface area (Å²) in [4.78, 5) is 38.5. The number of carbonyl (C=O) groups excluding carboxylic acids is 3.